The number of anilines is 2. The second-order valence-electron chi connectivity index (χ2n) is 15.8. The van der Waals surface area contributed by atoms with Crippen molar-refractivity contribution in [2.45, 2.75) is 70.1 Å². The molecule has 29 nitrogen and oxygen atoms in total. The number of nitrogens with one attached hydrogen (secondary N) is 3. The normalized spacial score (nSPS) is 19.0. The van der Waals surface area contributed by atoms with Crippen LogP contribution < -0.4 is 36.3 Å². The molecule has 1 aromatic carbocycles. The van der Waals surface area contributed by atoms with Gasteiger partial charge in [-0.1, -0.05) is 6.42 Å². The number of amides is 2. The number of carbonyl (C=O) groups is 2. The number of fused-ring (bicyclic) bond motifs is 2. The van der Waals surface area contributed by atoms with Crippen LogP contribution in [0.25, 0.3) is 33.3 Å². The van der Waals surface area contributed by atoms with Crippen molar-refractivity contribution in [3.63, 3.8) is 0 Å². The van der Waals surface area contributed by atoms with Crippen molar-refractivity contribution in [2.24, 2.45) is 0 Å². The van der Waals surface area contributed by atoms with E-state index in [0.717, 1.165) is 23.3 Å². The van der Waals surface area contributed by atoms with Gasteiger partial charge in [-0.15, -0.1) is 4.86 Å². The Morgan fingerprint density at radius 3 is 2.42 bits per heavy atom. The van der Waals surface area contributed by atoms with Crippen molar-refractivity contribution in [1.29, 1.82) is 0 Å². The highest BCUT2D eigenvalue weighted by Crippen LogP contribution is 2.61. The van der Waals surface area contributed by atoms with Gasteiger partial charge in [0.1, 0.15) is 36.2 Å². The first-order valence-corrected chi connectivity index (χ1v) is 27.8. The smallest absolute Gasteiger partial charge is 0.440 e. The lowest BCUT2D eigenvalue weighted by atomic mass is 10.1. The number of imidazole rings is 1. The van der Waals surface area contributed by atoms with Crippen molar-refractivity contribution in [3.8, 4) is 11.1 Å². The van der Waals surface area contributed by atoms with E-state index in [9.17, 15) is 51.4 Å². The number of rotatable bonds is 25. The summed E-state index contributed by atoms with van der Waals surface area (Å²) in [5.41, 5.74) is 7.73. The van der Waals surface area contributed by atoms with Crippen LogP contribution >= 0.6 is 23.3 Å². The highest BCUT2D eigenvalue weighted by molar-refractivity contribution is 7.85. The predicted molar refractivity (Wildman–Crippen MR) is 248 cm³/mol. The van der Waals surface area contributed by atoms with E-state index in [1.54, 1.807) is 41.2 Å². The first kappa shape index (κ1) is 55.0. The number of unbranched alkanes of at least 4 members (excludes halogenated alkanes) is 2. The number of nitrogen functional groups attached to an aromatic ring is 1. The van der Waals surface area contributed by atoms with Gasteiger partial charge in [0.05, 0.1) is 24.3 Å². The molecule has 0 radical (unpaired) electrons. The quantitative estimate of drug-likeness (QED) is 0.0129. The SMILES string of the molecule is CCN(CCCCCC(=O)NCCNC(=O)O[C@H]1[C@@H](O)[C@H](n2cnc3c(N)ncnc32)O[C@@H]1COP(=O)(O)OP(=O)(O)NP(=O)(O)O)c1ccc2cc(-c3cc[n+](CCCS(=O)(=O)O)cc3)c(=O)oc2c1. The molecule has 11 N–H and O–H groups in total. The summed E-state index contributed by atoms with van der Waals surface area (Å²) in [7, 11) is -20.7. The molecule has 2 unspecified atom stereocenters. The summed E-state index contributed by atoms with van der Waals surface area (Å²) in [4.78, 5) is 90.9. The fourth-order valence-electron chi connectivity index (χ4n) is 7.37. The number of aliphatic hydroxyl groups excluding tert-OH is 1. The highest BCUT2D eigenvalue weighted by Gasteiger charge is 2.49. The van der Waals surface area contributed by atoms with Crippen molar-refractivity contribution in [3.05, 3.63) is 71.9 Å². The average Bonchev–Trinajstić information content (AvgIpc) is 3.84. The van der Waals surface area contributed by atoms with Crippen LogP contribution in [0.5, 0.6) is 0 Å². The number of aromatic nitrogens is 5. The summed E-state index contributed by atoms with van der Waals surface area (Å²) < 4.78 is 95.1. The summed E-state index contributed by atoms with van der Waals surface area (Å²) in [6.07, 6.45) is 0.446. The summed E-state index contributed by atoms with van der Waals surface area (Å²) in [5, 5.41) is 17.0. The molecule has 5 aromatic rings. The number of carbonyl (C=O) groups excluding carboxylic acids is 2. The number of ether oxygens (including phenoxy) is 2. The monoisotopic (exact) mass is 1080 g/mol. The molecule has 33 heteroatoms. The van der Waals surface area contributed by atoms with E-state index < -0.39 is 76.3 Å². The Bertz CT molecular complexity index is 3020. The zero-order valence-corrected chi connectivity index (χ0v) is 41.1. The minimum atomic E-state index is -5.63. The number of aryl methyl sites for hydroxylation is 1. The second kappa shape index (κ2) is 23.5. The molecule has 71 heavy (non-hydrogen) atoms. The van der Waals surface area contributed by atoms with Gasteiger partial charge >= 0.3 is 35.0 Å². The van der Waals surface area contributed by atoms with Crippen LogP contribution in [-0.2, 0) is 53.5 Å². The molecule has 4 aromatic heterocycles. The molecular formula is C38H52N10O19P3S+. The Kier molecular flexibility index (Phi) is 18.2. The lowest BCUT2D eigenvalue weighted by molar-refractivity contribution is -0.696. The van der Waals surface area contributed by atoms with Crippen LogP contribution in [-0.4, -0.2) is 126 Å². The molecule has 1 fully saturated rings. The van der Waals surface area contributed by atoms with Gasteiger partial charge in [0.2, 0.25) is 5.91 Å². The molecule has 6 rings (SSSR count). The molecule has 0 aliphatic carbocycles. The first-order chi connectivity index (χ1) is 33.4. The number of phosphoric acid groups is 1. The molecule has 6 atom stereocenters. The Labute approximate surface area is 403 Å². The van der Waals surface area contributed by atoms with Crippen LogP contribution in [0, 0.1) is 0 Å². The third-order valence-corrected chi connectivity index (χ3v) is 15.7. The topological polar surface area (TPSA) is 421 Å². The molecule has 388 valence electrons. The Hall–Kier alpha value is -5.29. The van der Waals surface area contributed by atoms with E-state index in [2.05, 4.69) is 34.8 Å². The Balaban J connectivity index is 0.943. The fraction of sp³-hybridized carbons (Fsp3) is 0.447. The molecular weight excluding hydrogens is 1030 g/mol. The van der Waals surface area contributed by atoms with Gasteiger partial charge in [-0.25, -0.2) is 42.8 Å². The van der Waals surface area contributed by atoms with E-state index in [1.165, 1.54) is 10.9 Å². The van der Waals surface area contributed by atoms with Crippen LogP contribution in [0.2, 0.25) is 0 Å². The first-order valence-electron chi connectivity index (χ1n) is 21.5. The summed E-state index contributed by atoms with van der Waals surface area (Å²) in [5.74, 6) is -0.680. The number of phosphoric ester groups is 1. The van der Waals surface area contributed by atoms with Crippen molar-refractivity contribution >= 4 is 79.1 Å². The van der Waals surface area contributed by atoms with E-state index in [0.29, 0.717) is 54.6 Å². The van der Waals surface area contributed by atoms with Crippen LogP contribution in [0.4, 0.5) is 16.3 Å². The van der Waals surface area contributed by atoms with Crippen molar-refractivity contribution in [1.82, 2.24) is 35.0 Å². The molecule has 5 heterocycles. The molecule has 2 amide bonds. The van der Waals surface area contributed by atoms with E-state index in [1.807, 2.05) is 19.1 Å². The summed E-state index contributed by atoms with van der Waals surface area (Å²) in [6, 6.07) is 10.8. The van der Waals surface area contributed by atoms with Gasteiger partial charge in [0.25, 0.3) is 10.1 Å². The molecule has 1 aliphatic heterocycles. The third-order valence-electron chi connectivity index (χ3n) is 10.6. The number of hydrogen-bond donors (Lipinski definition) is 10. The van der Waals surface area contributed by atoms with Crippen LogP contribution in [0.1, 0.15) is 45.3 Å². The standard InChI is InChI=1S/C38H51N10O19P3S/c1-2-47(26-9-8-25-19-27(37(51)65-28(25)20-26)24-10-16-46(17-11-24)14-6-18-71(60,61)62)15-5-3-4-7-30(49)40-12-13-41-38(52)66-33-29(21-63-70(58,59)67-69(56,57)45-68(53,54)55)64-36(32(33)50)48-23-44-31-34(39)42-22-43-35(31)48/h8-11,16-17,19-20,22-23,29,32-33,36,50H,2-7,12-15,18,21H2,1H3,(H9-,39,40,41,42,43,45,49,52,53,54,55,56,57,58,59,60,61,62)/p+1/t29-,32-,33-,36-/m1/s1. The number of nitrogens with zero attached hydrogens (tertiary/aromatic N) is 6. The molecule has 0 saturated carbocycles. The average molecular weight is 1080 g/mol. The van der Waals surface area contributed by atoms with Crippen molar-refractivity contribution in [2.75, 3.05) is 49.2 Å². The van der Waals surface area contributed by atoms with Gasteiger partial charge in [-0.3, -0.25) is 18.4 Å². The molecule has 1 aliphatic rings. The second-order valence-corrected chi connectivity index (χ2v) is 22.2. The fourth-order valence-corrected chi connectivity index (χ4v) is 11.3. The predicted octanol–water partition coefficient (Wildman–Crippen LogP) is 1.22. The molecule has 0 bridgehead atoms. The zero-order valence-electron chi connectivity index (χ0n) is 37.6. The number of hydrogen-bond acceptors (Lipinski definition) is 19. The zero-order chi connectivity index (χ0) is 51.7. The number of aliphatic hydroxyl groups is 1. The number of benzene rings is 1. The highest BCUT2D eigenvalue weighted by atomic mass is 32.2. The number of pyridine rings is 1. The Morgan fingerprint density at radius 1 is 0.986 bits per heavy atom. The minimum absolute atomic E-state index is 0.0251. The van der Waals surface area contributed by atoms with Crippen LogP contribution in [0.3, 0.4) is 0 Å². The van der Waals surface area contributed by atoms with Gasteiger partial charge < -0.3 is 59.8 Å². The maximum Gasteiger partial charge on any atom is 0.480 e. The van der Waals surface area contributed by atoms with E-state index in [4.69, 9.17) is 38.5 Å². The summed E-state index contributed by atoms with van der Waals surface area (Å²) >= 11 is 0. The molecule has 0 spiro atoms. The van der Waals surface area contributed by atoms with E-state index >= 15 is 0 Å². The molecule has 1 saturated heterocycles. The van der Waals surface area contributed by atoms with Crippen LogP contribution in [0.15, 0.2) is 70.7 Å². The van der Waals surface area contributed by atoms with Gasteiger partial charge in [0, 0.05) is 73.9 Å². The maximum atomic E-state index is 13.0. The van der Waals surface area contributed by atoms with E-state index in [-0.39, 0.29) is 54.6 Å². The Morgan fingerprint density at radius 2 is 1.72 bits per heavy atom. The maximum absolute atomic E-state index is 13.0. The lowest BCUT2D eigenvalue weighted by Crippen LogP contribution is -2.42. The minimum Gasteiger partial charge on any atom is -0.440 e. The summed E-state index contributed by atoms with van der Waals surface area (Å²) in [6.45, 7) is 2.41. The lowest BCUT2D eigenvalue weighted by Gasteiger charge is -2.23. The largest absolute Gasteiger partial charge is 0.480 e. The van der Waals surface area contributed by atoms with Gasteiger partial charge in [-0.2, -0.15) is 12.7 Å². The van der Waals surface area contributed by atoms with Gasteiger partial charge in [0.15, 0.2) is 36.2 Å². The van der Waals surface area contributed by atoms with Gasteiger partial charge in [-0.05, 0) is 38.0 Å². The number of nitrogens with two attached hydrogens (primary N) is 1. The third kappa shape index (κ3) is 15.8. The number of alkyl carbamates (subject to hydrolysis) is 1. The van der Waals surface area contributed by atoms with Crippen molar-refractivity contribution < 1.29 is 88.2 Å².